The third-order valence-electron chi connectivity index (χ3n) is 7.89. The number of rotatable bonds is 11. The van der Waals surface area contributed by atoms with E-state index in [4.69, 9.17) is 9.47 Å². The third-order valence-corrected chi connectivity index (χ3v) is 7.89. The molecule has 0 spiro atoms. The lowest BCUT2D eigenvalue weighted by atomic mass is 9.77. The molecule has 4 aromatic rings. The highest BCUT2D eigenvalue weighted by Gasteiger charge is 2.47. The van der Waals surface area contributed by atoms with E-state index in [9.17, 15) is 14.7 Å². The molecule has 2 amide bonds. The smallest absolute Gasteiger partial charge is 0.255 e. The van der Waals surface area contributed by atoms with Crippen molar-refractivity contribution in [1.82, 2.24) is 10.2 Å². The largest absolute Gasteiger partial charge is 0.497 e. The van der Waals surface area contributed by atoms with E-state index in [1.54, 1.807) is 43.4 Å². The number of ether oxygens (including phenoxy) is 2. The number of fused-ring (bicyclic) bond motifs is 1. The van der Waals surface area contributed by atoms with Gasteiger partial charge in [-0.15, -0.1) is 0 Å². The summed E-state index contributed by atoms with van der Waals surface area (Å²) in [6.07, 6.45) is 1.09. The van der Waals surface area contributed by atoms with Crippen LogP contribution in [0.3, 0.4) is 0 Å². The number of aliphatic hydroxyl groups is 1. The summed E-state index contributed by atoms with van der Waals surface area (Å²) in [4.78, 5) is 30.2. The third kappa shape index (κ3) is 6.02. The van der Waals surface area contributed by atoms with E-state index >= 15 is 0 Å². The molecule has 216 valence electrons. The number of hydrogen-bond donors (Lipinski definition) is 2. The number of hydrogen-bond acceptors (Lipinski definition) is 5. The lowest BCUT2D eigenvalue weighted by Crippen LogP contribution is -2.53. The molecule has 0 aromatic heterocycles. The molecule has 5 rings (SSSR count). The molecule has 0 saturated heterocycles. The monoisotopic (exact) mass is 564 g/mol. The number of carbonyl (C=O) groups excluding carboxylic acids is 2. The zero-order valence-electron chi connectivity index (χ0n) is 23.9. The van der Waals surface area contributed by atoms with Crippen molar-refractivity contribution in [1.29, 1.82) is 0 Å². The average Bonchev–Trinajstić information content (AvgIpc) is 3.04. The van der Waals surface area contributed by atoms with Gasteiger partial charge in [0.2, 0.25) is 5.91 Å². The average molecular weight is 565 g/mol. The molecule has 0 unspecified atom stereocenters. The second-order valence-corrected chi connectivity index (χ2v) is 10.4. The predicted molar refractivity (Wildman–Crippen MR) is 162 cm³/mol. The van der Waals surface area contributed by atoms with Crippen LogP contribution in [0.1, 0.15) is 44.6 Å². The molecule has 42 heavy (non-hydrogen) atoms. The first-order valence-electron chi connectivity index (χ1n) is 14.2. The second-order valence-electron chi connectivity index (χ2n) is 10.4. The van der Waals surface area contributed by atoms with Gasteiger partial charge >= 0.3 is 0 Å². The zero-order chi connectivity index (χ0) is 29.5. The molecule has 4 aromatic carbocycles. The van der Waals surface area contributed by atoms with Crippen LogP contribution in [-0.4, -0.2) is 55.2 Å². The van der Waals surface area contributed by atoms with Gasteiger partial charge in [-0.2, -0.15) is 0 Å². The highest BCUT2D eigenvalue weighted by atomic mass is 16.5. The van der Waals surface area contributed by atoms with Crippen LogP contribution in [0.15, 0.2) is 103 Å². The fraction of sp³-hybridized carbons (Fsp3) is 0.257. The lowest BCUT2D eigenvalue weighted by Gasteiger charge is -2.45. The summed E-state index contributed by atoms with van der Waals surface area (Å²) in [6, 6.07) is 31.1. The van der Waals surface area contributed by atoms with Gasteiger partial charge in [0.15, 0.2) is 0 Å². The Kier molecular flexibility index (Phi) is 9.19. The maximum Gasteiger partial charge on any atom is 0.255 e. The Balaban J connectivity index is 1.61. The number of benzene rings is 4. The normalized spacial score (nSPS) is 16.8. The molecule has 7 nitrogen and oxygen atoms in total. The van der Waals surface area contributed by atoms with E-state index in [0.717, 1.165) is 11.1 Å². The van der Waals surface area contributed by atoms with Crippen LogP contribution in [0.25, 0.3) is 0 Å². The van der Waals surface area contributed by atoms with Gasteiger partial charge in [0.1, 0.15) is 11.5 Å². The molecule has 0 fully saturated rings. The van der Waals surface area contributed by atoms with E-state index in [-0.39, 0.29) is 18.4 Å². The van der Waals surface area contributed by atoms with Crippen molar-refractivity contribution >= 4 is 11.8 Å². The van der Waals surface area contributed by atoms with Crippen molar-refractivity contribution in [2.75, 3.05) is 27.4 Å². The molecule has 2 N–H and O–H groups in total. The van der Waals surface area contributed by atoms with Gasteiger partial charge in [-0.1, -0.05) is 78.9 Å². The Morgan fingerprint density at radius 3 is 2.19 bits per heavy atom. The molecule has 0 radical (unpaired) electrons. The first-order chi connectivity index (χ1) is 20.5. The molecule has 0 aliphatic carbocycles. The highest BCUT2D eigenvalue weighted by Crippen LogP contribution is 2.47. The Hall–Kier alpha value is -4.62. The van der Waals surface area contributed by atoms with E-state index < -0.39 is 18.0 Å². The quantitative estimate of drug-likeness (QED) is 0.269. The van der Waals surface area contributed by atoms with Gasteiger partial charge in [-0.05, 0) is 47.7 Å². The predicted octanol–water partition coefficient (Wildman–Crippen LogP) is 4.95. The number of nitrogens with zero attached hydrogens (tertiary/aromatic N) is 1. The van der Waals surface area contributed by atoms with Crippen molar-refractivity contribution in [3.05, 3.63) is 131 Å². The SMILES string of the molecule is COc1ccc([C@H]2[C@H](C(=O)NCCc3ccccc3)c3ccccc3C(=O)N2[C@H](CO)Cc2ccccc2)c(OC)c1. The highest BCUT2D eigenvalue weighted by molar-refractivity contribution is 6.01. The Bertz CT molecular complexity index is 1510. The molecular weight excluding hydrogens is 528 g/mol. The summed E-state index contributed by atoms with van der Waals surface area (Å²) in [6.45, 7) is 0.162. The van der Waals surface area contributed by atoms with Gasteiger partial charge in [-0.3, -0.25) is 9.59 Å². The number of amides is 2. The summed E-state index contributed by atoms with van der Waals surface area (Å²) in [5.41, 5.74) is 3.87. The summed E-state index contributed by atoms with van der Waals surface area (Å²) in [5, 5.41) is 13.9. The van der Waals surface area contributed by atoms with Crippen LogP contribution in [0.2, 0.25) is 0 Å². The van der Waals surface area contributed by atoms with Gasteiger partial charge in [-0.25, -0.2) is 0 Å². The van der Waals surface area contributed by atoms with Crippen LogP contribution in [0, 0.1) is 0 Å². The standard InChI is InChI=1S/C35H36N2O5/c1-41-27-17-18-30(31(22-27)42-2)33-32(34(39)36-20-19-24-11-5-3-6-12-24)28-15-9-10-16-29(28)35(40)37(33)26(23-38)21-25-13-7-4-8-14-25/h3-18,22,26,32-33,38H,19-21,23H2,1-2H3,(H,36,39)/t26-,32+,33-/m0/s1. The molecule has 0 bridgehead atoms. The molecular formula is C35H36N2O5. The van der Waals surface area contributed by atoms with Crippen LogP contribution in [-0.2, 0) is 17.6 Å². The van der Waals surface area contributed by atoms with Crippen molar-refractivity contribution in [3.8, 4) is 11.5 Å². The summed E-state index contributed by atoms with van der Waals surface area (Å²) >= 11 is 0. The second kappa shape index (κ2) is 13.4. The Morgan fingerprint density at radius 1 is 0.857 bits per heavy atom. The number of carbonyl (C=O) groups is 2. The summed E-state index contributed by atoms with van der Waals surface area (Å²) in [5.74, 6) is -0.0970. The van der Waals surface area contributed by atoms with Crippen LogP contribution < -0.4 is 14.8 Å². The first-order valence-corrected chi connectivity index (χ1v) is 14.2. The van der Waals surface area contributed by atoms with Crippen LogP contribution in [0.5, 0.6) is 11.5 Å². The Labute approximate surface area is 246 Å². The van der Waals surface area contributed by atoms with E-state index in [0.29, 0.717) is 47.6 Å². The fourth-order valence-corrected chi connectivity index (χ4v) is 5.85. The topological polar surface area (TPSA) is 88.1 Å². The fourth-order valence-electron chi connectivity index (χ4n) is 5.85. The van der Waals surface area contributed by atoms with Gasteiger partial charge in [0, 0.05) is 23.7 Å². The minimum atomic E-state index is -0.748. The van der Waals surface area contributed by atoms with E-state index in [1.165, 1.54) is 0 Å². The molecule has 1 aliphatic rings. The van der Waals surface area contributed by atoms with Crippen molar-refractivity contribution in [2.45, 2.75) is 30.8 Å². The van der Waals surface area contributed by atoms with E-state index in [2.05, 4.69) is 5.32 Å². The number of methoxy groups -OCH3 is 2. The lowest BCUT2D eigenvalue weighted by molar-refractivity contribution is -0.124. The number of aliphatic hydroxyl groups excluding tert-OH is 1. The van der Waals surface area contributed by atoms with Crippen LogP contribution in [0.4, 0.5) is 0 Å². The molecule has 3 atom stereocenters. The van der Waals surface area contributed by atoms with E-state index in [1.807, 2.05) is 78.9 Å². The van der Waals surface area contributed by atoms with Gasteiger partial charge < -0.3 is 24.8 Å². The molecule has 1 aliphatic heterocycles. The maximum absolute atomic E-state index is 14.3. The van der Waals surface area contributed by atoms with Crippen LogP contribution >= 0.6 is 0 Å². The molecule has 7 heteroatoms. The Morgan fingerprint density at radius 2 is 1.52 bits per heavy atom. The van der Waals surface area contributed by atoms with Gasteiger partial charge in [0.25, 0.3) is 5.91 Å². The minimum Gasteiger partial charge on any atom is -0.497 e. The molecule has 1 heterocycles. The van der Waals surface area contributed by atoms with Crippen molar-refractivity contribution in [3.63, 3.8) is 0 Å². The zero-order valence-corrected chi connectivity index (χ0v) is 23.9. The summed E-state index contributed by atoms with van der Waals surface area (Å²) < 4.78 is 11.2. The first kappa shape index (κ1) is 28.9. The molecule has 0 saturated carbocycles. The van der Waals surface area contributed by atoms with Crippen molar-refractivity contribution in [2.24, 2.45) is 0 Å². The minimum absolute atomic E-state index is 0.199. The number of nitrogens with one attached hydrogen (secondary N) is 1. The van der Waals surface area contributed by atoms with Gasteiger partial charge in [0.05, 0.1) is 38.8 Å². The maximum atomic E-state index is 14.3. The summed E-state index contributed by atoms with van der Waals surface area (Å²) in [7, 11) is 3.13. The van der Waals surface area contributed by atoms with Crippen molar-refractivity contribution < 1.29 is 24.2 Å².